The minimum absolute atomic E-state index is 0.0474. The van der Waals surface area contributed by atoms with Crippen LogP contribution in [0.5, 0.6) is 0 Å². The van der Waals surface area contributed by atoms with Crippen molar-refractivity contribution >= 4 is 22.2 Å². The molecule has 6 rings (SSSR count). The third-order valence-electron chi connectivity index (χ3n) is 6.52. The van der Waals surface area contributed by atoms with Gasteiger partial charge in [0.05, 0.1) is 24.2 Å². The number of rotatable bonds is 4. The van der Waals surface area contributed by atoms with E-state index in [9.17, 15) is 4.79 Å². The Hall–Kier alpha value is -3.79. The maximum atomic E-state index is 13.5. The van der Waals surface area contributed by atoms with Gasteiger partial charge in [-0.25, -0.2) is 9.78 Å². The molecule has 0 aromatic carbocycles. The molecule has 0 spiro atoms. The van der Waals surface area contributed by atoms with Crippen LogP contribution in [0.25, 0.3) is 44.7 Å². The topological polar surface area (TPSA) is 106 Å². The third-order valence-corrected chi connectivity index (χ3v) is 6.52. The Bertz CT molecular complexity index is 1570. The molecular formula is C24H25N7O3. The molecule has 0 bridgehead atoms. The van der Waals surface area contributed by atoms with Gasteiger partial charge in [-0.15, -0.1) is 0 Å². The second-order valence-corrected chi connectivity index (χ2v) is 8.82. The molecule has 0 aliphatic carbocycles. The summed E-state index contributed by atoms with van der Waals surface area (Å²) in [6, 6.07) is 3.75. The molecule has 1 aliphatic heterocycles. The molecule has 1 fully saturated rings. The SMILES string of the molecule is CC[C@H]1C[C@@H](n2c(=O)nc(-c3cnn(C)c3)c3oc4ccc(-c5cnn(C)c5)nc4c32)CCO1. The number of hydrogen-bond donors (Lipinski definition) is 0. The Morgan fingerprint density at radius 2 is 1.82 bits per heavy atom. The zero-order chi connectivity index (χ0) is 23.4. The number of hydrogen-bond acceptors (Lipinski definition) is 7. The van der Waals surface area contributed by atoms with Crippen LogP contribution in [-0.4, -0.2) is 46.8 Å². The molecule has 2 atom stereocenters. The van der Waals surface area contributed by atoms with Crippen LogP contribution in [0, 0.1) is 0 Å². The van der Waals surface area contributed by atoms with Crippen molar-refractivity contribution in [1.29, 1.82) is 0 Å². The molecular weight excluding hydrogens is 434 g/mol. The van der Waals surface area contributed by atoms with Gasteiger partial charge < -0.3 is 9.15 Å². The van der Waals surface area contributed by atoms with Gasteiger partial charge >= 0.3 is 5.69 Å². The fourth-order valence-corrected chi connectivity index (χ4v) is 4.82. The molecule has 6 heterocycles. The normalized spacial score (nSPS) is 18.8. The van der Waals surface area contributed by atoms with Crippen molar-refractivity contribution < 1.29 is 9.15 Å². The van der Waals surface area contributed by atoms with Gasteiger partial charge in [0.25, 0.3) is 0 Å². The van der Waals surface area contributed by atoms with E-state index in [0.29, 0.717) is 34.5 Å². The summed E-state index contributed by atoms with van der Waals surface area (Å²) in [6.45, 7) is 2.70. The van der Waals surface area contributed by atoms with Gasteiger partial charge in [0.2, 0.25) is 0 Å². The summed E-state index contributed by atoms with van der Waals surface area (Å²) in [7, 11) is 3.70. The minimum atomic E-state index is -0.315. The number of fused-ring (bicyclic) bond motifs is 3. The molecule has 34 heavy (non-hydrogen) atoms. The summed E-state index contributed by atoms with van der Waals surface area (Å²) < 4.78 is 17.4. The quantitative estimate of drug-likeness (QED) is 0.405. The van der Waals surface area contributed by atoms with Gasteiger partial charge in [-0.1, -0.05) is 6.92 Å². The molecule has 5 aromatic rings. The van der Waals surface area contributed by atoms with E-state index < -0.39 is 0 Å². The molecule has 0 N–H and O–H groups in total. The lowest BCUT2D eigenvalue weighted by Crippen LogP contribution is -2.34. The molecule has 0 amide bonds. The van der Waals surface area contributed by atoms with Crippen LogP contribution in [0.1, 0.15) is 32.2 Å². The van der Waals surface area contributed by atoms with Crippen LogP contribution < -0.4 is 5.69 Å². The Balaban J connectivity index is 1.65. The molecule has 174 valence electrons. The molecule has 10 heteroatoms. The highest BCUT2D eigenvalue weighted by Gasteiger charge is 2.29. The highest BCUT2D eigenvalue weighted by molar-refractivity contribution is 6.05. The molecule has 10 nitrogen and oxygen atoms in total. The first kappa shape index (κ1) is 20.8. The van der Waals surface area contributed by atoms with E-state index in [2.05, 4.69) is 22.1 Å². The van der Waals surface area contributed by atoms with E-state index in [0.717, 1.165) is 36.1 Å². The fraction of sp³-hybridized carbons (Fsp3) is 0.375. The lowest BCUT2D eigenvalue weighted by molar-refractivity contribution is -0.00710. The monoisotopic (exact) mass is 459 g/mol. The van der Waals surface area contributed by atoms with E-state index in [1.807, 2.05) is 38.6 Å². The van der Waals surface area contributed by atoms with Gasteiger partial charge in [0, 0.05) is 50.3 Å². The highest BCUT2D eigenvalue weighted by atomic mass is 16.5. The Morgan fingerprint density at radius 3 is 2.53 bits per heavy atom. The molecule has 0 radical (unpaired) electrons. The van der Waals surface area contributed by atoms with Gasteiger partial charge in [0.1, 0.15) is 16.7 Å². The largest absolute Gasteiger partial charge is 0.450 e. The van der Waals surface area contributed by atoms with Crippen LogP contribution in [0.3, 0.4) is 0 Å². The molecule has 0 unspecified atom stereocenters. The summed E-state index contributed by atoms with van der Waals surface area (Å²) in [4.78, 5) is 22.9. The number of pyridine rings is 1. The van der Waals surface area contributed by atoms with Crippen LogP contribution in [0.4, 0.5) is 0 Å². The second-order valence-electron chi connectivity index (χ2n) is 8.82. The number of nitrogens with zero attached hydrogens (tertiary/aromatic N) is 7. The standard InChI is InChI=1S/C24H25N7O3/c1-4-17-9-16(7-8-33-17)31-22-21-19(6-5-18(27-21)14-10-25-29(2)12-14)34-23(22)20(28-24(31)32)15-11-26-30(3)13-15/h5-6,10-13,16-17H,4,7-9H2,1-3H3/t16-,17-/m0/s1. The molecule has 0 saturated carbocycles. The minimum Gasteiger partial charge on any atom is -0.450 e. The summed E-state index contributed by atoms with van der Waals surface area (Å²) in [6.07, 6.45) is 9.68. The number of ether oxygens (including phenoxy) is 1. The summed E-state index contributed by atoms with van der Waals surface area (Å²) >= 11 is 0. The maximum absolute atomic E-state index is 13.5. The number of aromatic nitrogens is 7. The summed E-state index contributed by atoms with van der Waals surface area (Å²) in [5, 5.41) is 8.52. The predicted octanol–water partition coefficient (Wildman–Crippen LogP) is 3.47. The van der Waals surface area contributed by atoms with E-state index in [1.165, 1.54) is 0 Å². The molecule has 1 saturated heterocycles. The van der Waals surface area contributed by atoms with Gasteiger partial charge in [-0.2, -0.15) is 15.2 Å². The molecule has 1 aliphatic rings. The summed E-state index contributed by atoms with van der Waals surface area (Å²) in [5.41, 5.74) is 5.00. The number of aryl methyl sites for hydroxylation is 2. The van der Waals surface area contributed by atoms with E-state index in [4.69, 9.17) is 14.1 Å². The predicted molar refractivity (Wildman–Crippen MR) is 126 cm³/mol. The van der Waals surface area contributed by atoms with Crippen molar-refractivity contribution in [3.05, 3.63) is 47.4 Å². The van der Waals surface area contributed by atoms with E-state index in [-0.39, 0.29) is 17.8 Å². The lowest BCUT2D eigenvalue weighted by atomic mass is 10.0. The Kier molecular flexibility index (Phi) is 4.84. The average Bonchev–Trinajstić information content (AvgIpc) is 3.57. The van der Waals surface area contributed by atoms with Crippen LogP contribution >= 0.6 is 0 Å². The van der Waals surface area contributed by atoms with Crippen LogP contribution in [0.15, 0.2) is 46.1 Å². The lowest BCUT2D eigenvalue weighted by Gasteiger charge is -2.30. The van der Waals surface area contributed by atoms with Gasteiger partial charge in [-0.3, -0.25) is 13.9 Å². The molecule has 5 aromatic heterocycles. The first-order valence-electron chi connectivity index (χ1n) is 11.5. The zero-order valence-electron chi connectivity index (χ0n) is 19.3. The van der Waals surface area contributed by atoms with Crippen molar-refractivity contribution in [2.75, 3.05) is 6.61 Å². The second kappa shape index (κ2) is 7.91. The third kappa shape index (κ3) is 3.33. The van der Waals surface area contributed by atoms with Gasteiger partial charge in [0.15, 0.2) is 11.2 Å². The van der Waals surface area contributed by atoms with Crippen molar-refractivity contribution in [1.82, 2.24) is 34.1 Å². The Labute approximate surface area is 194 Å². The smallest absolute Gasteiger partial charge is 0.349 e. The maximum Gasteiger partial charge on any atom is 0.349 e. The van der Waals surface area contributed by atoms with Crippen molar-refractivity contribution in [3.63, 3.8) is 0 Å². The van der Waals surface area contributed by atoms with Crippen molar-refractivity contribution in [3.8, 4) is 22.5 Å². The zero-order valence-corrected chi connectivity index (χ0v) is 19.3. The highest BCUT2D eigenvalue weighted by Crippen LogP contribution is 2.37. The van der Waals surface area contributed by atoms with E-state index >= 15 is 0 Å². The Morgan fingerprint density at radius 1 is 1.06 bits per heavy atom. The first-order valence-corrected chi connectivity index (χ1v) is 11.5. The van der Waals surface area contributed by atoms with Crippen LogP contribution in [-0.2, 0) is 18.8 Å². The average molecular weight is 460 g/mol. The fourth-order valence-electron chi connectivity index (χ4n) is 4.82. The van der Waals surface area contributed by atoms with E-state index in [1.54, 1.807) is 26.3 Å². The number of furan rings is 1. The van der Waals surface area contributed by atoms with Crippen molar-refractivity contribution in [2.45, 2.75) is 38.3 Å². The van der Waals surface area contributed by atoms with Crippen molar-refractivity contribution in [2.24, 2.45) is 14.1 Å². The van der Waals surface area contributed by atoms with Gasteiger partial charge in [-0.05, 0) is 31.4 Å². The van der Waals surface area contributed by atoms with Crippen LogP contribution in [0.2, 0.25) is 0 Å². The first-order chi connectivity index (χ1) is 16.5. The summed E-state index contributed by atoms with van der Waals surface area (Å²) in [5.74, 6) is 0.